The van der Waals surface area contributed by atoms with E-state index in [4.69, 9.17) is 0 Å². The van der Waals surface area contributed by atoms with Gasteiger partial charge >= 0.3 is 0 Å². The summed E-state index contributed by atoms with van der Waals surface area (Å²) in [7, 11) is 0. The van der Waals surface area contributed by atoms with Crippen LogP contribution in [0.15, 0.2) is 48.8 Å². The van der Waals surface area contributed by atoms with Gasteiger partial charge < -0.3 is 5.11 Å². The van der Waals surface area contributed by atoms with Crippen LogP contribution in [-0.4, -0.2) is 10.1 Å². The molecule has 0 aliphatic rings. The lowest BCUT2D eigenvalue weighted by atomic mass is 10.0. The Morgan fingerprint density at radius 1 is 0.800 bits per heavy atom. The first-order chi connectivity index (χ1) is 7.36. The van der Waals surface area contributed by atoms with Crippen LogP contribution < -0.4 is 0 Å². The number of rotatable bonds is 0. The fraction of sp³-hybridized carbons (Fsp3) is 0. The van der Waals surface area contributed by atoms with Gasteiger partial charge in [-0.3, -0.25) is 4.98 Å². The number of benzene rings is 2. The largest absolute Gasteiger partial charge is 0.506 e. The van der Waals surface area contributed by atoms with Gasteiger partial charge in [-0.25, -0.2) is 0 Å². The molecule has 0 spiro atoms. The second kappa shape index (κ2) is 2.95. The lowest BCUT2D eigenvalue weighted by molar-refractivity contribution is 0.479. The van der Waals surface area contributed by atoms with Gasteiger partial charge in [-0.2, -0.15) is 0 Å². The summed E-state index contributed by atoms with van der Waals surface area (Å²) in [6, 6.07) is 12.0. The summed E-state index contributed by atoms with van der Waals surface area (Å²) in [4.78, 5) is 4.01. The molecule has 0 fully saturated rings. The normalized spacial score (nSPS) is 10.9. The molecule has 2 aromatic carbocycles. The van der Waals surface area contributed by atoms with Crippen LogP contribution in [0.4, 0.5) is 0 Å². The first-order valence-electron chi connectivity index (χ1n) is 4.81. The van der Waals surface area contributed by atoms with Crippen molar-refractivity contribution < 1.29 is 5.11 Å². The average Bonchev–Trinajstić information content (AvgIpc) is 2.29. The van der Waals surface area contributed by atoms with E-state index < -0.39 is 0 Å². The molecule has 0 atom stereocenters. The molecule has 2 heteroatoms. The average molecular weight is 195 g/mol. The standard InChI is InChI=1S/C13H9NO/c15-13-8-14-7-12-10-4-2-1-3-9(10)5-6-11(12)13/h1-8,15H. The van der Waals surface area contributed by atoms with Gasteiger partial charge in [0.15, 0.2) is 0 Å². The molecule has 0 saturated carbocycles. The predicted molar refractivity (Wildman–Crippen MR) is 60.9 cm³/mol. The highest BCUT2D eigenvalue weighted by molar-refractivity contribution is 6.08. The Balaban J connectivity index is 2.60. The van der Waals surface area contributed by atoms with Gasteiger partial charge in [0, 0.05) is 17.0 Å². The van der Waals surface area contributed by atoms with Crippen LogP contribution in [0.1, 0.15) is 0 Å². The maximum atomic E-state index is 9.67. The van der Waals surface area contributed by atoms with E-state index in [1.807, 2.05) is 30.3 Å². The molecule has 3 rings (SSSR count). The SMILES string of the molecule is Oc1cncc2c1ccc1ccccc12. The topological polar surface area (TPSA) is 33.1 Å². The zero-order valence-corrected chi connectivity index (χ0v) is 8.01. The molecule has 0 aliphatic carbocycles. The Labute approximate surface area is 86.8 Å². The first kappa shape index (κ1) is 8.24. The monoisotopic (exact) mass is 195 g/mol. The van der Waals surface area contributed by atoms with Crippen LogP contribution in [0.5, 0.6) is 5.75 Å². The van der Waals surface area contributed by atoms with Crippen molar-refractivity contribution in [3.63, 3.8) is 0 Å². The van der Waals surface area contributed by atoms with Gasteiger partial charge in [-0.05, 0) is 16.8 Å². The number of aromatic nitrogens is 1. The number of pyridine rings is 1. The van der Waals surface area contributed by atoms with E-state index in [1.54, 1.807) is 6.20 Å². The first-order valence-corrected chi connectivity index (χ1v) is 4.81. The van der Waals surface area contributed by atoms with Gasteiger partial charge in [0.05, 0.1) is 6.20 Å². The third-order valence-electron chi connectivity index (χ3n) is 2.65. The second-order valence-corrected chi connectivity index (χ2v) is 3.54. The summed E-state index contributed by atoms with van der Waals surface area (Å²) < 4.78 is 0. The van der Waals surface area contributed by atoms with Crippen LogP contribution in [0.3, 0.4) is 0 Å². The Hall–Kier alpha value is -2.09. The fourth-order valence-corrected chi connectivity index (χ4v) is 1.91. The molecule has 0 bridgehead atoms. The summed E-state index contributed by atoms with van der Waals surface area (Å²) in [6.45, 7) is 0. The number of fused-ring (bicyclic) bond motifs is 3. The highest BCUT2D eigenvalue weighted by Crippen LogP contribution is 2.29. The van der Waals surface area contributed by atoms with Crippen LogP contribution in [-0.2, 0) is 0 Å². The van der Waals surface area contributed by atoms with Crippen molar-refractivity contribution in [2.45, 2.75) is 0 Å². The number of nitrogens with zero attached hydrogens (tertiary/aromatic N) is 1. The van der Waals surface area contributed by atoms with E-state index >= 15 is 0 Å². The van der Waals surface area contributed by atoms with E-state index in [-0.39, 0.29) is 5.75 Å². The summed E-state index contributed by atoms with van der Waals surface area (Å²) in [5.41, 5.74) is 0. The molecule has 0 unspecified atom stereocenters. The molecular formula is C13H9NO. The quantitative estimate of drug-likeness (QED) is 0.559. The van der Waals surface area contributed by atoms with Gasteiger partial charge in [-0.15, -0.1) is 0 Å². The minimum absolute atomic E-state index is 0.234. The van der Waals surface area contributed by atoms with Gasteiger partial charge in [0.1, 0.15) is 5.75 Å². The number of aromatic hydroxyl groups is 1. The third-order valence-corrected chi connectivity index (χ3v) is 2.65. The van der Waals surface area contributed by atoms with Crippen molar-refractivity contribution in [2.24, 2.45) is 0 Å². The van der Waals surface area contributed by atoms with E-state index in [2.05, 4.69) is 11.1 Å². The summed E-state index contributed by atoms with van der Waals surface area (Å²) >= 11 is 0. The van der Waals surface area contributed by atoms with Crippen molar-refractivity contribution in [3.05, 3.63) is 48.8 Å². The minimum Gasteiger partial charge on any atom is -0.506 e. The van der Waals surface area contributed by atoms with Crippen LogP contribution in [0.25, 0.3) is 21.5 Å². The minimum atomic E-state index is 0.234. The molecule has 3 aromatic rings. The van der Waals surface area contributed by atoms with Crippen molar-refractivity contribution in [3.8, 4) is 5.75 Å². The summed E-state index contributed by atoms with van der Waals surface area (Å²) in [5, 5.41) is 13.8. The van der Waals surface area contributed by atoms with Gasteiger partial charge in [-0.1, -0.05) is 30.3 Å². The Bertz CT molecular complexity index is 646. The van der Waals surface area contributed by atoms with Crippen LogP contribution in [0.2, 0.25) is 0 Å². The zero-order chi connectivity index (χ0) is 10.3. The van der Waals surface area contributed by atoms with E-state index in [0.717, 1.165) is 21.5 Å². The summed E-state index contributed by atoms with van der Waals surface area (Å²) in [6.07, 6.45) is 3.26. The smallest absolute Gasteiger partial charge is 0.141 e. The van der Waals surface area contributed by atoms with E-state index in [1.165, 1.54) is 6.20 Å². The molecule has 2 nitrogen and oxygen atoms in total. The Kier molecular flexibility index (Phi) is 1.62. The fourth-order valence-electron chi connectivity index (χ4n) is 1.91. The highest BCUT2D eigenvalue weighted by Gasteiger charge is 2.02. The highest BCUT2D eigenvalue weighted by atomic mass is 16.3. The molecule has 1 heterocycles. The van der Waals surface area contributed by atoms with Crippen LogP contribution in [0, 0.1) is 0 Å². The van der Waals surface area contributed by atoms with Crippen molar-refractivity contribution in [1.82, 2.24) is 4.98 Å². The van der Waals surface area contributed by atoms with Crippen molar-refractivity contribution >= 4 is 21.5 Å². The van der Waals surface area contributed by atoms with E-state index in [9.17, 15) is 5.11 Å². The van der Waals surface area contributed by atoms with Gasteiger partial charge in [0.25, 0.3) is 0 Å². The molecular weight excluding hydrogens is 186 g/mol. The zero-order valence-electron chi connectivity index (χ0n) is 8.01. The molecule has 15 heavy (non-hydrogen) atoms. The van der Waals surface area contributed by atoms with Gasteiger partial charge in [0.2, 0.25) is 0 Å². The molecule has 0 amide bonds. The predicted octanol–water partition coefficient (Wildman–Crippen LogP) is 3.09. The van der Waals surface area contributed by atoms with E-state index in [0.29, 0.717) is 0 Å². The molecule has 0 aliphatic heterocycles. The molecule has 1 aromatic heterocycles. The van der Waals surface area contributed by atoms with Crippen molar-refractivity contribution in [1.29, 1.82) is 0 Å². The maximum absolute atomic E-state index is 9.67. The second-order valence-electron chi connectivity index (χ2n) is 3.54. The number of hydrogen-bond donors (Lipinski definition) is 1. The molecule has 0 radical (unpaired) electrons. The molecule has 1 N–H and O–H groups in total. The van der Waals surface area contributed by atoms with Crippen LogP contribution >= 0.6 is 0 Å². The number of hydrogen-bond acceptors (Lipinski definition) is 2. The lowest BCUT2D eigenvalue weighted by Crippen LogP contribution is -1.79. The van der Waals surface area contributed by atoms with Crippen molar-refractivity contribution in [2.75, 3.05) is 0 Å². The molecule has 72 valence electrons. The molecule has 0 saturated heterocycles. The lowest BCUT2D eigenvalue weighted by Gasteiger charge is -2.03. The maximum Gasteiger partial charge on any atom is 0.141 e. The Morgan fingerprint density at radius 2 is 1.67 bits per heavy atom. The Morgan fingerprint density at radius 3 is 2.60 bits per heavy atom. The third kappa shape index (κ3) is 1.15. The summed E-state index contributed by atoms with van der Waals surface area (Å²) in [5.74, 6) is 0.234.